The van der Waals surface area contributed by atoms with E-state index in [1.807, 2.05) is 0 Å². The molecule has 0 radical (unpaired) electrons. The zero-order chi connectivity index (χ0) is 11.7. The quantitative estimate of drug-likeness (QED) is 0.750. The van der Waals surface area contributed by atoms with Gasteiger partial charge in [-0.25, -0.2) is 5.10 Å². The van der Waals surface area contributed by atoms with E-state index >= 15 is 0 Å². The van der Waals surface area contributed by atoms with Gasteiger partial charge in [0.15, 0.2) is 0 Å². The van der Waals surface area contributed by atoms with E-state index < -0.39 is 0 Å². The van der Waals surface area contributed by atoms with Crippen LogP contribution in [-0.2, 0) is 0 Å². The van der Waals surface area contributed by atoms with Crippen LogP contribution in [0.25, 0.3) is 0 Å². The molecule has 2 unspecified atom stereocenters. The Labute approximate surface area is 93.5 Å². The van der Waals surface area contributed by atoms with Crippen molar-refractivity contribution in [3.05, 3.63) is 28.2 Å². The van der Waals surface area contributed by atoms with Gasteiger partial charge in [0, 0.05) is 19.2 Å². The van der Waals surface area contributed by atoms with E-state index in [4.69, 9.17) is 0 Å². The maximum Gasteiger partial charge on any atom is 0.274 e. The van der Waals surface area contributed by atoms with Gasteiger partial charge in [-0.05, 0) is 17.9 Å². The van der Waals surface area contributed by atoms with E-state index in [0.717, 1.165) is 13.1 Å². The highest BCUT2D eigenvalue weighted by Crippen LogP contribution is 2.22. The summed E-state index contributed by atoms with van der Waals surface area (Å²) in [6.07, 6.45) is 0. The average molecular weight is 221 g/mol. The highest BCUT2D eigenvalue weighted by atomic mass is 16.2. The van der Waals surface area contributed by atoms with E-state index in [9.17, 15) is 9.59 Å². The monoisotopic (exact) mass is 221 g/mol. The molecule has 0 bridgehead atoms. The third-order valence-corrected chi connectivity index (χ3v) is 3.17. The number of aromatic amines is 1. The third kappa shape index (κ3) is 1.98. The molecule has 1 N–H and O–H groups in total. The number of rotatable bonds is 1. The fourth-order valence-electron chi connectivity index (χ4n) is 1.92. The number of carbonyl (C=O) groups excluding carboxylic acids is 1. The van der Waals surface area contributed by atoms with Crippen LogP contribution in [0.4, 0.5) is 0 Å². The Balaban J connectivity index is 2.14. The number of carbonyl (C=O) groups is 1. The molecule has 1 fully saturated rings. The first-order chi connectivity index (χ1) is 7.58. The molecule has 2 rings (SSSR count). The molecular formula is C11H15N3O2. The molecule has 2 heterocycles. The van der Waals surface area contributed by atoms with Crippen molar-refractivity contribution in [3.63, 3.8) is 0 Å². The van der Waals surface area contributed by atoms with E-state index in [0.29, 0.717) is 17.5 Å². The standard InChI is InChI=1S/C11H15N3O2/c1-7-5-14(6-8(7)2)11(16)9-3-4-10(15)13-12-9/h3-4,7-8H,5-6H2,1-2H3,(H,13,15). The van der Waals surface area contributed by atoms with E-state index in [-0.39, 0.29) is 11.5 Å². The number of amides is 1. The Morgan fingerprint density at radius 3 is 2.50 bits per heavy atom. The summed E-state index contributed by atoms with van der Waals surface area (Å²) in [5.41, 5.74) is 0.0145. The maximum atomic E-state index is 12.0. The van der Waals surface area contributed by atoms with Crippen molar-refractivity contribution in [2.45, 2.75) is 13.8 Å². The first-order valence-corrected chi connectivity index (χ1v) is 5.43. The first-order valence-electron chi connectivity index (χ1n) is 5.43. The normalized spacial score (nSPS) is 24.8. The fraction of sp³-hybridized carbons (Fsp3) is 0.545. The van der Waals surface area contributed by atoms with Crippen molar-refractivity contribution in [2.75, 3.05) is 13.1 Å². The van der Waals surface area contributed by atoms with Crippen LogP contribution in [0.3, 0.4) is 0 Å². The van der Waals surface area contributed by atoms with E-state index in [1.54, 1.807) is 4.90 Å². The maximum absolute atomic E-state index is 12.0. The Kier molecular flexibility index (Phi) is 2.77. The van der Waals surface area contributed by atoms with Gasteiger partial charge < -0.3 is 4.90 Å². The minimum Gasteiger partial charge on any atom is -0.337 e. The molecule has 2 atom stereocenters. The van der Waals surface area contributed by atoms with Crippen LogP contribution in [0.15, 0.2) is 16.9 Å². The number of nitrogens with zero attached hydrogens (tertiary/aromatic N) is 2. The number of likely N-dealkylation sites (tertiary alicyclic amines) is 1. The van der Waals surface area contributed by atoms with Crippen LogP contribution in [0.1, 0.15) is 24.3 Å². The van der Waals surface area contributed by atoms with Gasteiger partial charge in [0.1, 0.15) is 5.69 Å². The van der Waals surface area contributed by atoms with Crippen molar-refractivity contribution < 1.29 is 4.79 Å². The summed E-state index contributed by atoms with van der Waals surface area (Å²) in [6, 6.07) is 2.79. The van der Waals surface area contributed by atoms with Gasteiger partial charge in [0.25, 0.3) is 11.5 Å². The van der Waals surface area contributed by atoms with Gasteiger partial charge in [-0.3, -0.25) is 9.59 Å². The summed E-state index contributed by atoms with van der Waals surface area (Å²) in [5, 5.41) is 6.02. The lowest BCUT2D eigenvalue weighted by atomic mass is 10.0. The van der Waals surface area contributed by atoms with Crippen molar-refractivity contribution in [1.29, 1.82) is 0 Å². The lowest BCUT2D eigenvalue weighted by Crippen LogP contribution is -2.30. The zero-order valence-electron chi connectivity index (χ0n) is 9.43. The first kappa shape index (κ1) is 10.9. The van der Waals surface area contributed by atoms with E-state index in [2.05, 4.69) is 24.0 Å². The predicted molar refractivity (Wildman–Crippen MR) is 59.1 cm³/mol. The zero-order valence-corrected chi connectivity index (χ0v) is 9.43. The SMILES string of the molecule is CC1CN(C(=O)c2ccc(=O)[nH]n2)CC1C. The van der Waals surface area contributed by atoms with Gasteiger partial charge in [-0.2, -0.15) is 5.10 Å². The Morgan fingerprint density at radius 1 is 1.38 bits per heavy atom. The number of H-pyrrole nitrogens is 1. The molecule has 1 aromatic rings. The topological polar surface area (TPSA) is 66.1 Å². The second-order valence-electron chi connectivity index (χ2n) is 4.47. The van der Waals surface area contributed by atoms with Crippen LogP contribution in [0.5, 0.6) is 0 Å². The van der Waals surface area contributed by atoms with Gasteiger partial charge in [-0.1, -0.05) is 13.8 Å². The van der Waals surface area contributed by atoms with Gasteiger partial charge in [0.05, 0.1) is 0 Å². The van der Waals surface area contributed by atoms with E-state index in [1.165, 1.54) is 12.1 Å². The summed E-state index contributed by atoms with van der Waals surface area (Å²) in [5.74, 6) is 0.936. The molecule has 1 saturated heterocycles. The van der Waals surface area contributed by atoms with Crippen molar-refractivity contribution in [2.24, 2.45) is 11.8 Å². The molecule has 16 heavy (non-hydrogen) atoms. The molecule has 0 spiro atoms. The summed E-state index contributed by atoms with van der Waals surface area (Å²) >= 11 is 0. The van der Waals surface area contributed by atoms with Crippen LogP contribution >= 0.6 is 0 Å². The van der Waals surface area contributed by atoms with Gasteiger partial charge in [0.2, 0.25) is 0 Å². The smallest absolute Gasteiger partial charge is 0.274 e. The van der Waals surface area contributed by atoms with Crippen LogP contribution < -0.4 is 5.56 Å². The van der Waals surface area contributed by atoms with Gasteiger partial charge >= 0.3 is 0 Å². The Morgan fingerprint density at radius 2 is 2.00 bits per heavy atom. The second-order valence-corrected chi connectivity index (χ2v) is 4.47. The Hall–Kier alpha value is -1.65. The molecule has 1 aromatic heterocycles. The highest BCUT2D eigenvalue weighted by molar-refractivity contribution is 5.92. The lowest BCUT2D eigenvalue weighted by Gasteiger charge is -2.14. The van der Waals surface area contributed by atoms with Crippen molar-refractivity contribution >= 4 is 5.91 Å². The number of aromatic nitrogens is 2. The second kappa shape index (κ2) is 4.08. The molecule has 1 amide bonds. The third-order valence-electron chi connectivity index (χ3n) is 3.17. The van der Waals surface area contributed by atoms with Crippen molar-refractivity contribution in [1.82, 2.24) is 15.1 Å². The summed E-state index contributed by atoms with van der Waals surface area (Å²) in [7, 11) is 0. The Bertz CT molecular complexity index is 424. The molecule has 0 saturated carbocycles. The van der Waals surface area contributed by atoms with Crippen molar-refractivity contribution in [3.8, 4) is 0 Å². The highest BCUT2D eigenvalue weighted by Gasteiger charge is 2.30. The summed E-state index contributed by atoms with van der Waals surface area (Å²) in [6.45, 7) is 5.80. The lowest BCUT2D eigenvalue weighted by molar-refractivity contribution is 0.0778. The molecule has 0 aromatic carbocycles. The average Bonchev–Trinajstić information content (AvgIpc) is 2.59. The largest absolute Gasteiger partial charge is 0.337 e. The molecule has 5 nitrogen and oxygen atoms in total. The summed E-state index contributed by atoms with van der Waals surface area (Å²) < 4.78 is 0. The minimum atomic E-state index is -0.292. The molecule has 1 aliphatic heterocycles. The molecular weight excluding hydrogens is 206 g/mol. The van der Waals surface area contributed by atoms with Crippen LogP contribution in [0, 0.1) is 11.8 Å². The molecule has 86 valence electrons. The molecule has 0 aliphatic carbocycles. The predicted octanol–water partition coefficient (Wildman–Crippen LogP) is 0.498. The molecule has 1 aliphatic rings. The molecule has 5 heteroatoms. The van der Waals surface area contributed by atoms with Crippen LogP contribution in [0.2, 0.25) is 0 Å². The summed E-state index contributed by atoms with van der Waals surface area (Å²) in [4.78, 5) is 24.6. The fourth-order valence-corrected chi connectivity index (χ4v) is 1.92. The van der Waals surface area contributed by atoms with Gasteiger partial charge in [-0.15, -0.1) is 0 Å². The van der Waals surface area contributed by atoms with Crippen LogP contribution in [-0.4, -0.2) is 34.1 Å². The number of nitrogens with one attached hydrogen (secondary N) is 1. The number of hydrogen-bond donors (Lipinski definition) is 1. The number of hydrogen-bond acceptors (Lipinski definition) is 3. The minimum absolute atomic E-state index is 0.104.